The van der Waals surface area contributed by atoms with Crippen LogP contribution in [0, 0.1) is 0 Å². The zero-order valence-electron chi connectivity index (χ0n) is 12.1. The van der Waals surface area contributed by atoms with Gasteiger partial charge in [-0.25, -0.2) is 4.98 Å². The number of halogens is 1. The summed E-state index contributed by atoms with van der Waals surface area (Å²) in [5.41, 5.74) is 1.71. The lowest BCUT2D eigenvalue weighted by atomic mass is 10.1. The van der Waals surface area contributed by atoms with Crippen LogP contribution in [0.1, 0.15) is 15.9 Å². The van der Waals surface area contributed by atoms with E-state index in [1.165, 1.54) is 0 Å². The maximum absolute atomic E-state index is 12.0. The Kier molecular flexibility index (Phi) is 5.17. The molecule has 0 aliphatic rings. The van der Waals surface area contributed by atoms with E-state index in [2.05, 4.69) is 10.3 Å². The molecule has 0 bridgehead atoms. The summed E-state index contributed by atoms with van der Waals surface area (Å²) in [5.74, 6) is 0.717. The monoisotopic (exact) mass is 303 g/mol. The van der Waals surface area contributed by atoms with Crippen molar-refractivity contribution in [2.45, 2.75) is 6.42 Å². The molecule has 2 rings (SSSR count). The summed E-state index contributed by atoms with van der Waals surface area (Å²) in [4.78, 5) is 18.1. The van der Waals surface area contributed by atoms with Crippen molar-refractivity contribution in [3.63, 3.8) is 0 Å². The van der Waals surface area contributed by atoms with Gasteiger partial charge < -0.3 is 10.2 Å². The number of nitrogens with zero attached hydrogens (tertiary/aromatic N) is 2. The van der Waals surface area contributed by atoms with Crippen molar-refractivity contribution in [2.24, 2.45) is 0 Å². The van der Waals surface area contributed by atoms with Crippen LogP contribution in [0.15, 0.2) is 42.6 Å². The van der Waals surface area contributed by atoms with Crippen LogP contribution in [0.4, 0.5) is 5.82 Å². The number of amides is 1. The Labute approximate surface area is 129 Å². The minimum atomic E-state index is -0.109. The van der Waals surface area contributed by atoms with Gasteiger partial charge in [-0.3, -0.25) is 4.79 Å². The predicted molar refractivity (Wildman–Crippen MR) is 86.1 cm³/mol. The van der Waals surface area contributed by atoms with Crippen molar-refractivity contribution in [3.8, 4) is 0 Å². The molecule has 0 atom stereocenters. The summed E-state index contributed by atoms with van der Waals surface area (Å²) >= 11 is 5.83. The third-order valence-corrected chi connectivity index (χ3v) is 3.33. The Morgan fingerprint density at radius 2 is 1.90 bits per heavy atom. The molecule has 0 unspecified atom stereocenters. The normalized spacial score (nSPS) is 10.2. The summed E-state index contributed by atoms with van der Waals surface area (Å²) in [6.07, 6.45) is 2.36. The molecule has 110 valence electrons. The molecule has 0 spiro atoms. The van der Waals surface area contributed by atoms with Crippen molar-refractivity contribution < 1.29 is 4.79 Å². The molecule has 0 aliphatic carbocycles. The van der Waals surface area contributed by atoms with Crippen molar-refractivity contribution in [1.29, 1.82) is 0 Å². The topological polar surface area (TPSA) is 45.2 Å². The molecule has 0 saturated heterocycles. The number of hydrogen-bond donors (Lipinski definition) is 1. The van der Waals surface area contributed by atoms with Gasteiger partial charge in [0.05, 0.1) is 5.56 Å². The van der Waals surface area contributed by atoms with Crippen LogP contribution in [-0.2, 0) is 6.42 Å². The molecule has 0 radical (unpaired) electrons. The summed E-state index contributed by atoms with van der Waals surface area (Å²) in [6, 6.07) is 11.2. The van der Waals surface area contributed by atoms with E-state index in [-0.39, 0.29) is 5.91 Å². The highest BCUT2D eigenvalue weighted by molar-refractivity contribution is 6.30. The van der Waals surface area contributed by atoms with Gasteiger partial charge in [0, 0.05) is 31.9 Å². The number of aromatic nitrogens is 1. The predicted octanol–water partition coefficient (Wildman–Crippen LogP) is 2.77. The summed E-state index contributed by atoms with van der Waals surface area (Å²) in [6.45, 7) is 0.579. The molecule has 0 fully saturated rings. The third kappa shape index (κ3) is 4.46. The molecule has 21 heavy (non-hydrogen) atoms. The maximum Gasteiger partial charge on any atom is 0.252 e. The average molecular weight is 304 g/mol. The van der Waals surface area contributed by atoms with E-state index in [1.807, 2.05) is 49.3 Å². The maximum atomic E-state index is 12.0. The number of anilines is 1. The average Bonchev–Trinajstić information content (AvgIpc) is 2.49. The second-order valence-electron chi connectivity index (χ2n) is 4.93. The van der Waals surface area contributed by atoms with Crippen molar-refractivity contribution in [3.05, 3.63) is 58.7 Å². The van der Waals surface area contributed by atoms with E-state index in [9.17, 15) is 4.79 Å². The number of nitrogens with one attached hydrogen (secondary N) is 1. The molecule has 1 N–H and O–H groups in total. The van der Waals surface area contributed by atoms with Gasteiger partial charge in [-0.2, -0.15) is 0 Å². The van der Waals surface area contributed by atoms with E-state index in [0.29, 0.717) is 12.1 Å². The highest BCUT2D eigenvalue weighted by atomic mass is 35.5. The Morgan fingerprint density at radius 1 is 1.19 bits per heavy atom. The minimum absolute atomic E-state index is 0.109. The van der Waals surface area contributed by atoms with E-state index >= 15 is 0 Å². The Balaban J connectivity index is 1.85. The van der Waals surface area contributed by atoms with Crippen LogP contribution in [0.2, 0.25) is 5.02 Å². The first-order chi connectivity index (χ1) is 10.1. The third-order valence-electron chi connectivity index (χ3n) is 3.08. The van der Waals surface area contributed by atoms with E-state index < -0.39 is 0 Å². The molecule has 0 saturated carbocycles. The zero-order chi connectivity index (χ0) is 15.2. The number of hydrogen-bond acceptors (Lipinski definition) is 3. The van der Waals surface area contributed by atoms with Gasteiger partial charge >= 0.3 is 0 Å². The molecular weight excluding hydrogens is 286 g/mol. The highest BCUT2D eigenvalue weighted by Gasteiger charge is 2.06. The number of pyridine rings is 1. The van der Waals surface area contributed by atoms with Crippen molar-refractivity contribution in [1.82, 2.24) is 10.3 Å². The summed E-state index contributed by atoms with van der Waals surface area (Å²) in [5, 5.41) is 3.60. The van der Waals surface area contributed by atoms with E-state index in [0.717, 1.165) is 22.8 Å². The van der Waals surface area contributed by atoms with Gasteiger partial charge in [0.15, 0.2) is 0 Å². The van der Waals surface area contributed by atoms with Crippen LogP contribution in [0.3, 0.4) is 0 Å². The molecule has 1 aromatic heterocycles. The largest absolute Gasteiger partial charge is 0.363 e. The first-order valence-electron chi connectivity index (χ1n) is 6.72. The van der Waals surface area contributed by atoms with Crippen molar-refractivity contribution in [2.75, 3.05) is 25.5 Å². The van der Waals surface area contributed by atoms with Crippen LogP contribution < -0.4 is 10.2 Å². The lowest BCUT2D eigenvalue weighted by molar-refractivity contribution is 0.0954. The Hall–Kier alpha value is -2.07. The molecular formula is C16H18ClN3O. The molecule has 5 heteroatoms. The number of carbonyl (C=O) groups is 1. The molecule has 1 heterocycles. The van der Waals surface area contributed by atoms with Gasteiger partial charge in [-0.1, -0.05) is 23.7 Å². The lowest BCUT2D eigenvalue weighted by Gasteiger charge is -2.11. The first kappa shape index (κ1) is 15.3. The van der Waals surface area contributed by atoms with E-state index in [4.69, 9.17) is 11.6 Å². The molecule has 2 aromatic rings. The summed E-state index contributed by atoms with van der Waals surface area (Å²) in [7, 11) is 3.82. The van der Waals surface area contributed by atoms with Gasteiger partial charge in [0.25, 0.3) is 5.91 Å². The Morgan fingerprint density at radius 3 is 2.48 bits per heavy atom. The molecule has 1 aromatic carbocycles. The van der Waals surface area contributed by atoms with Crippen molar-refractivity contribution >= 4 is 23.3 Å². The molecule has 0 aliphatic heterocycles. The second kappa shape index (κ2) is 7.09. The number of benzene rings is 1. The second-order valence-corrected chi connectivity index (χ2v) is 5.37. The van der Waals surface area contributed by atoms with Crippen LogP contribution >= 0.6 is 11.6 Å². The van der Waals surface area contributed by atoms with Gasteiger partial charge in [0.1, 0.15) is 5.82 Å². The van der Waals surface area contributed by atoms with E-state index in [1.54, 1.807) is 12.3 Å². The standard InChI is InChI=1S/C16H18ClN3O/c1-20(2)15-8-5-13(11-19-15)16(21)18-10-9-12-3-6-14(17)7-4-12/h3-8,11H,9-10H2,1-2H3,(H,18,21). The molecule has 1 amide bonds. The fraction of sp³-hybridized carbons (Fsp3) is 0.250. The lowest BCUT2D eigenvalue weighted by Crippen LogP contribution is -2.26. The molecule has 4 nitrogen and oxygen atoms in total. The van der Waals surface area contributed by atoms with Crippen LogP contribution in [0.5, 0.6) is 0 Å². The van der Waals surface area contributed by atoms with Crippen LogP contribution in [0.25, 0.3) is 0 Å². The fourth-order valence-corrected chi connectivity index (χ4v) is 1.98. The minimum Gasteiger partial charge on any atom is -0.363 e. The van der Waals surface area contributed by atoms with Gasteiger partial charge in [-0.05, 0) is 36.2 Å². The smallest absolute Gasteiger partial charge is 0.252 e. The SMILES string of the molecule is CN(C)c1ccc(C(=O)NCCc2ccc(Cl)cc2)cn1. The van der Waals surface area contributed by atoms with Gasteiger partial charge in [0.2, 0.25) is 0 Å². The highest BCUT2D eigenvalue weighted by Crippen LogP contribution is 2.10. The van der Waals surface area contributed by atoms with Crippen LogP contribution in [-0.4, -0.2) is 31.5 Å². The Bertz CT molecular complexity index is 594. The first-order valence-corrected chi connectivity index (χ1v) is 7.10. The van der Waals surface area contributed by atoms with Gasteiger partial charge in [-0.15, -0.1) is 0 Å². The fourth-order valence-electron chi connectivity index (χ4n) is 1.86. The quantitative estimate of drug-likeness (QED) is 0.924. The number of rotatable bonds is 5. The zero-order valence-corrected chi connectivity index (χ0v) is 12.9. The number of carbonyl (C=O) groups excluding carboxylic acids is 1. The summed E-state index contributed by atoms with van der Waals surface area (Å²) < 4.78 is 0.